The summed E-state index contributed by atoms with van der Waals surface area (Å²) in [4.78, 5) is 11.1. The molecule has 0 bridgehead atoms. The molecule has 0 aliphatic heterocycles. The fourth-order valence-electron chi connectivity index (χ4n) is 4.17. The maximum atomic E-state index is 12.7. The number of carbonyl (C=O) groups is 1. The Hall–Kier alpha value is -3.11. The van der Waals surface area contributed by atoms with Gasteiger partial charge in [-0.2, -0.15) is 23.5 Å². The Labute approximate surface area is 194 Å². The molecule has 1 aromatic carbocycles. The van der Waals surface area contributed by atoms with Crippen molar-refractivity contribution >= 4 is 27.2 Å². The van der Waals surface area contributed by atoms with Crippen LogP contribution in [0.25, 0.3) is 0 Å². The highest BCUT2D eigenvalue weighted by Gasteiger charge is 2.46. The summed E-state index contributed by atoms with van der Waals surface area (Å²) in [6.45, 7) is 0. The van der Waals surface area contributed by atoms with Crippen LogP contribution in [-0.4, -0.2) is 41.7 Å². The molecule has 2 aromatic rings. The number of nitrogens with zero attached hydrogens (tertiary/aromatic N) is 3. The van der Waals surface area contributed by atoms with E-state index < -0.39 is 26.1 Å². The number of aromatic nitrogens is 2. The fraction of sp³-hybridized carbons (Fsp3) is 0.476. The van der Waals surface area contributed by atoms with Crippen molar-refractivity contribution in [2.75, 3.05) is 5.32 Å². The minimum absolute atomic E-state index is 0.0434. The van der Waals surface area contributed by atoms with Gasteiger partial charge in [0.15, 0.2) is 5.82 Å². The van der Waals surface area contributed by atoms with Crippen LogP contribution in [0.15, 0.2) is 35.4 Å². The summed E-state index contributed by atoms with van der Waals surface area (Å²) >= 11 is 0. The lowest BCUT2D eigenvalue weighted by Gasteiger charge is -2.33. The number of hydrogen-bond donors (Lipinski definition) is 3. The van der Waals surface area contributed by atoms with E-state index in [1.54, 1.807) is 0 Å². The highest BCUT2D eigenvalue weighted by atomic mass is 32.2. The zero-order chi connectivity index (χ0) is 24.7. The summed E-state index contributed by atoms with van der Waals surface area (Å²) in [5, 5.41) is 20.4. The molecule has 0 spiro atoms. The summed E-state index contributed by atoms with van der Waals surface area (Å²) in [5.74, 6) is -1.04. The molecule has 1 heterocycles. The van der Waals surface area contributed by atoms with Gasteiger partial charge in [0.25, 0.3) is 15.7 Å². The number of alkyl halides is 3. The topological polar surface area (TPSA) is 143 Å². The second-order valence-corrected chi connectivity index (χ2v) is 10.5. The molecule has 4 N–H and O–H groups in total. The van der Waals surface area contributed by atoms with E-state index in [4.69, 9.17) is 5.73 Å². The zero-order valence-corrected chi connectivity index (χ0v) is 18.7. The Bertz CT molecular complexity index is 1220. The zero-order valence-electron chi connectivity index (χ0n) is 17.9. The highest BCUT2D eigenvalue weighted by molar-refractivity contribution is 7.92. The van der Waals surface area contributed by atoms with Crippen molar-refractivity contribution < 1.29 is 26.4 Å². The van der Waals surface area contributed by atoms with Gasteiger partial charge in [-0.1, -0.05) is 0 Å². The molecule has 0 saturated heterocycles. The third-order valence-electron chi connectivity index (χ3n) is 6.10. The van der Waals surface area contributed by atoms with Gasteiger partial charge in [-0.3, -0.25) is 9.48 Å². The van der Waals surface area contributed by atoms with Crippen molar-refractivity contribution in [2.24, 2.45) is 11.7 Å². The average molecular weight is 497 g/mol. The number of nitrogens with one attached hydrogen (secondary N) is 2. The van der Waals surface area contributed by atoms with E-state index in [1.165, 1.54) is 10.9 Å². The summed E-state index contributed by atoms with van der Waals surface area (Å²) < 4.78 is 62.8. The van der Waals surface area contributed by atoms with Crippen LogP contribution in [0.2, 0.25) is 0 Å². The van der Waals surface area contributed by atoms with E-state index in [0.717, 1.165) is 43.5 Å². The number of carbonyl (C=O) groups excluding carboxylic acids is 1. The summed E-state index contributed by atoms with van der Waals surface area (Å²) in [6, 6.07) is 6.73. The number of anilines is 2. The maximum Gasteiger partial charge on any atom is 0.501 e. The molecule has 2 aliphatic rings. The van der Waals surface area contributed by atoms with Crippen LogP contribution in [0.4, 0.5) is 24.7 Å². The first-order chi connectivity index (χ1) is 16.0. The maximum absolute atomic E-state index is 12.7. The van der Waals surface area contributed by atoms with Gasteiger partial charge in [0.1, 0.15) is 5.56 Å². The number of primary amides is 1. The molecule has 34 heavy (non-hydrogen) atoms. The minimum atomic E-state index is -5.47. The number of amides is 1. The Morgan fingerprint density at radius 2 is 1.79 bits per heavy atom. The van der Waals surface area contributed by atoms with Gasteiger partial charge < -0.3 is 16.4 Å². The summed E-state index contributed by atoms with van der Waals surface area (Å²) in [6.07, 6.45) is 5.93. The van der Waals surface area contributed by atoms with Crippen molar-refractivity contribution in [1.29, 1.82) is 5.26 Å². The first-order valence-corrected chi connectivity index (χ1v) is 12.2. The number of halogens is 3. The molecule has 1 unspecified atom stereocenters. The van der Waals surface area contributed by atoms with Crippen LogP contribution in [0.5, 0.6) is 0 Å². The van der Waals surface area contributed by atoms with Gasteiger partial charge in [-0.25, -0.2) is 8.42 Å². The predicted molar refractivity (Wildman–Crippen MR) is 116 cm³/mol. The normalized spacial score (nSPS) is 23.3. The lowest BCUT2D eigenvalue weighted by Crippen LogP contribution is -2.39. The number of rotatable bonds is 7. The molecular weight excluding hydrogens is 473 g/mol. The average Bonchev–Trinajstić information content (AvgIpc) is 3.49. The van der Waals surface area contributed by atoms with Gasteiger partial charge in [0, 0.05) is 24.0 Å². The number of nitriles is 1. The third kappa shape index (κ3) is 4.88. The van der Waals surface area contributed by atoms with Crippen molar-refractivity contribution in [2.45, 2.75) is 60.6 Å². The summed E-state index contributed by atoms with van der Waals surface area (Å²) in [5.41, 5.74) is 0.322. The summed E-state index contributed by atoms with van der Waals surface area (Å²) in [7, 11) is -5.47. The lowest BCUT2D eigenvalue weighted by molar-refractivity contribution is -0.0436. The quantitative estimate of drug-likeness (QED) is 0.535. The predicted octanol–water partition coefficient (Wildman–Crippen LogP) is 3.00. The standard InChI is InChI=1S/C21H23F3N6O3S/c22-21(23,24)34(32,33)16-6-3-14(4-7-16)28-20-17(19(26)31)11-30(29-20)18-8-5-15(9-12(18)10-25)27-13-1-2-13/h3-4,6-7,11-13,15,18,27H,1-2,5,8-9H2,(H2,26,31)(H,28,29)/t12-,15?,18+/m1/s1. The van der Waals surface area contributed by atoms with Crippen molar-refractivity contribution in [1.82, 2.24) is 15.1 Å². The molecule has 2 saturated carbocycles. The van der Waals surface area contributed by atoms with Gasteiger partial charge in [-0.05, 0) is 56.4 Å². The molecule has 1 amide bonds. The second kappa shape index (κ2) is 8.92. The number of benzene rings is 1. The molecule has 13 heteroatoms. The Kier molecular flexibility index (Phi) is 6.30. The van der Waals surface area contributed by atoms with Crippen LogP contribution >= 0.6 is 0 Å². The van der Waals surface area contributed by atoms with Gasteiger partial charge >= 0.3 is 5.51 Å². The third-order valence-corrected chi connectivity index (χ3v) is 7.60. The molecule has 9 nitrogen and oxygen atoms in total. The van der Waals surface area contributed by atoms with Crippen LogP contribution in [0.3, 0.4) is 0 Å². The molecule has 3 atom stereocenters. The minimum Gasteiger partial charge on any atom is -0.365 e. The van der Waals surface area contributed by atoms with Crippen molar-refractivity contribution in [3.8, 4) is 6.07 Å². The van der Waals surface area contributed by atoms with Crippen LogP contribution in [0.1, 0.15) is 48.5 Å². The monoisotopic (exact) mass is 496 g/mol. The number of nitrogens with two attached hydrogens (primary N) is 1. The van der Waals surface area contributed by atoms with Gasteiger partial charge in [-0.15, -0.1) is 0 Å². The van der Waals surface area contributed by atoms with E-state index in [0.29, 0.717) is 18.9 Å². The second-order valence-electron chi connectivity index (χ2n) is 8.59. The Balaban J connectivity index is 1.54. The van der Waals surface area contributed by atoms with Crippen molar-refractivity contribution in [3.05, 3.63) is 36.0 Å². The Morgan fingerprint density at radius 1 is 1.15 bits per heavy atom. The molecular formula is C21H23F3N6O3S. The SMILES string of the molecule is N#C[C@H]1CC(NC2CC2)CC[C@@H]1n1cc(C(N)=O)c(Nc2ccc(S(=O)(=O)C(F)(F)F)cc2)n1. The van der Waals surface area contributed by atoms with Gasteiger partial charge in [0.05, 0.1) is 22.9 Å². The molecule has 2 fully saturated rings. The van der Waals surface area contributed by atoms with Crippen molar-refractivity contribution in [3.63, 3.8) is 0 Å². The van der Waals surface area contributed by atoms with E-state index in [9.17, 15) is 31.6 Å². The molecule has 2 aliphatic carbocycles. The fourth-order valence-corrected chi connectivity index (χ4v) is 4.93. The van der Waals surface area contributed by atoms with E-state index in [1.807, 2.05) is 0 Å². The Morgan fingerprint density at radius 3 is 2.35 bits per heavy atom. The van der Waals surface area contributed by atoms with Crippen LogP contribution < -0.4 is 16.4 Å². The molecule has 4 rings (SSSR count). The molecule has 0 radical (unpaired) electrons. The first kappa shape index (κ1) is 24.0. The first-order valence-electron chi connectivity index (χ1n) is 10.7. The highest BCUT2D eigenvalue weighted by Crippen LogP contribution is 2.36. The van der Waals surface area contributed by atoms with E-state index in [2.05, 4.69) is 21.8 Å². The molecule has 1 aromatic heterocycles. The number of sulfone groups is 1. The largest absolute Gasteiger partial charge is 0.501 e. The molecule has 182 valence electrons. The van der Waals surface area contributed by atoms with Crippen LogP contribution in [0, 0.1) is 17.2 Å². The number of hydrogen-bond acceptors (Lipinski definition) is 7. The van der Waals surface area contributed by atoms with Gasteiger partial charge in [0.2, 0.25) is 0 Å². The van der Waals surface area contributed by atoms with Crippen LogP contribution in [-0.2, 0) is 9.84 Å². The van der Waals surface area contributed by atoms with E-state index in [-0.39, 0.29) is 35.1 Å². The smallest absolute Gasteiger partial charge is 0.365 e. The van der Waals surface area contributed by atoms with E-state index >= 15 is 0 Å². The lowest BCUT2D eigenvalue weighted by atomic mass is 9.82.